The highest BCUT2D eigenvalue weighted by Gasteiger charge is 2.12. The normalized spacial score (nSPS) is 8.72. The third kappa shape index (κ3) is 3.70. The number of benzene rings is 1. The molecule has 0 aromatic heterocycles. The summed E-state index contributed by atoms with van der Waals surface area (Å²) in [5.74, 6) is 5.57. The molecule has 0 bridgehead atoms. The second-order valence-corrected chi connectivity index (χ2v) is 3.25. The number of hydrogen-bond donors (Lipinski definition) is 1. The molecule has 18 heavy (non-hydrogen) atoms. The van der Waals surface area contributed by atoms with Crippen molar-refractivity contribution in [2.45, 2.75) is 6.42 Å². The van der Waals surface area contributed by atoms with Gasteiger partial charge in [-0.25, -0.2) is 0 Å². The molecule has 0 aliphatic rings. The van der Waals surface area contributed by atoms with Crippen LogP contribution in [0.3, 0.4) is 0 Å². The molecule has 0 aliphatic heterocycles. The standard InChI is InChI=1S/C11H11N5O2/c1-13-10-6-5-9(8-11(10)16(17)18)4-2-3-7-14-15-12/h5-6,8,13H,3,7H2,1H3. The smallest absolute Gasteiger partial charge is 0.293 e. The molecular formula is C11H11N5O2. The first-order valence-electron chi connectivity index (χ1n) is 5.15. The summed E-state index contributed by atoms with van der Waals surface area (Å²) in [7, 11) is 1.62. The second-order valence-electron chi connectivity index (χ2n) is 3.25. The van der Waals surface area contributed by atoms with Gasteiger partial charge < -0.3 is 5.32 Å². The Balaban J connectivity index is 2.88. The lowest BCUT2D eigenvalue weighted by Gasteiger charge is -2.01. The summed E-state index contributed by atoms with van der Waals surface area (Å²) in [4.78, 5) is 12.9. The van der Waals surface area contributed by atoms with Gasteiger partial charge in [0.2, 0.25) is 0 Å². The van der Waals surface area contributed by atoms with Crippen molar-refractivity contribution < 1.29 is 4.92 Å². The average Bonchev–Trinajstić information content (AvgIpc) is 2.38. The highest BCUT2D eigenvalue weighted by atomic mass is 16.6. The van der Waals surface area contributed by atoms with E-state index in [0.717, 1.165) is 0 Å². The first kappa shape index (κ1) is 13.4. The first-order valence-corrected chi connectivity index (χ1v) is 5.15. The molecular weight excluding hydrogens is 234 g/mol. The van der Waals surface area contributed by atoms with Gasteiger partial charge in [0.15, 0.2) is 0 Å². The van der Waals surface area contributed by atoms with Gasteiger partial charge in [-0.15, -0.1) is 0 Å². The Labute approximate surface area is 104 Å². The van der Waals surface area contributed by atoms with Crippen LogP contribution in [0.5, 0.6) is 0 Å². The van der Waals surface area contributed by atoms with Crippen LogP contribution in [-0.2, 0) is 0 Å². The van der Waals surface area contributed by atoms with E-state index >= 15 is 0 Å². The van der Waals surface area contributed by atoms with Crippen LogP contribution < -0.4 is 5.32 Å². The van der Waals surface area contributed by atoms with Crippen molar-refractivity contribution >= 4 is 11.4 Å². The van der Waals surface area contributed by atoms with Gasteiger partial charge in [0.25, 0.3) is 5.69 Å². The van der Waals surface area contributed by atoms with Gasteiger partial charge in [-0.1, -0.05) is 17.0 Å². The summed E-state index contributed by atoms with van der Waals surface area (Å²) in [6, 6.07) is 4.71. The number of nitrogens with zero attached hydrogens (tertiary/aromatic N) is 4. The minimum absolute atomic E-state index is 0.0145. The van der Waals surface area contributed by atoms with E-state index in [0.29, 0.717) is 24.2 Å². The van der Waals surface area contributed by atoms with Crippen LogP contribution in [0.4, 0.5) is 11.4 Å². The van der Waals surface area contributed by atoms with Crippen molar-refractivity contribution in [3.63, 3.8) is 0 Å². The van der Waals surface area contributed by atoms with Crippen LogP contribution in [0, 0.1) is 22.0 Å². The maximum Gasteiger partial charge on any atom is 0.293 e. The zero-order valence-corrected chi connectivity index (χ0v) is 9.75. The Morgan fingerprint density at radius 2 is 2.39 bits per heavy atom. The van der Waals surface area contributed by atoms with E-state index < -0.39 is 4.92 Å². The van der Waals surface area contributed by atoms with Crippen molar-refractivity contribution in [3.8, 4) is 11.8 Å². The van der Waals surface area contributed by atoms with E-state index in [4.69, 9.17) is 5.53 Å². The average molecular weight is 245 g/mol. The summed E-state index contributed by atoms with van der Waals surface area (Å²) in [6.45, 7) is 0.292. The Morgan fingerprint density at radius 3 is 3.00 bits per heavy atom. The highest BCUT2D eigenvalue weighted by Crippen LogP contribution is 2.24. The number of nitrogens with one attached hydrogen (secondary N) is 1. The van der Waals surface area contributed by atoms with Crippen LogP contribution in [0.1, 0.15) is 12.0 Å². The number of azide groups is 1. The van der Waals surface area contributed by atoms with E-state index in [1.807, 2.05) is 0 Å². The van der Waals surface area contributed by atoms with Crippen LogP contribution in [0.2, 0.25) is 0 Å². The number of rotatable bonds is 4. The molecule has 0 fully saturated rings. The van der Waals surface area contributed by atoms with Crippen molar-refractivity contribution in [1.29, 1.82) is 0 Å². The summed E-state index contributed by atoms with van der Waals surface area (Å²) >= 11 is 0. The summed E-state index contributed by atoms with van der Waals surface area (Å²) in [5, 5.41) is 16.9. The minimum Gasteiger partial charge on any atom is -0.383 e. The summed E-state index contributed by atoms with van der Waals surface area (Å²) < 4.78 is 0. The molecule has 0 radical (unpaired) electrons. The SMILES string of the molecule is CNc1ccc(C#CCCN=[N+]=[N-])cc1[N+](=O)[O-]. The lowest BCUT2D eigenvalue weighted by atomic mass is 10.1. The summed E-state index contributed by atoms with van der Waals surface area (Å²) in [6.07, 6.45) is 0.422. The maximum absolute atomic E-state index is 10.8. The Kier molecular flexibility index (Phi) is 5.03. The molecule has 0 saturated carbocycles. The van der Waals surface area contributed by atoms with E-state index in [1.54, 1.807) is 19.2 Å². The molecule has 0 aliphatic carbocycles. The molecule has 0 unspecified atom stereocenters. The van der Waals surface area contributed by atoms with Gasteiger partial charge >= 0.3 is 0 Å². The molecule has 92 valence electrons. The van der Waals surface area contributed by atoms with E-state index in [1.165, 1.54) is 6.07 Å². The third-order valence-corrected chi connectivity index (χ3v) is 2.10. The predicted molar refractivity (Wildman–Crippen MR) is 68.2 cm³/mol. The number of nitro groups is 1. The zero-order valence-electron chi connectivity index (χ0n) is 9.75. The van der Waals surface area contributed by atoms with E-state index in [-0.39, 0.29) is 5.69 Å². The van der Waals surface area contributed by atoms with E-state index in [9.17, 15) is 10.1 Å². The second kappa shape index (κ2) is 6.78. The zero-order chi connectivity index (χ0) is 13.4. The fraction of sp³-hybridized carbons (Fsp3) is 0.273. The van der Waals surface area contributed by atoms with Crippen LogP contribution in [0.15, 0.2) is 23.3 Å². The van der Waals surface area contributed by atoms with Gasteiger partial charge in [0.1, 0.15) is 5.69 Å². The van der Waals surface area contributed by atoms with Crippen molar-refractivity contribution in [2.24, 2.45) is 5.11 Å². The lowest BCUT2D eigenvalue weighted by molar-refractivity contribution is -0.384. The largest absolute Gasteiger partial charge is 0.383 e. The first-order chi connectivity index (χ1) is 8.69. The quantitative estimate of drug-likeness (QED) is 0.168. The Morgan fingerprint density at radius 1 is 1.61 bits per heavy atom. The predicted octanol–water partition coefficient (Wildman–Crippen LogP) is 2.69. The molecule has 7 heteroatoms. The van der Waals surface area contributed by atoms with Gasteiger partial charge in [-0.2, -0.15) is 0 Å². The van der Waals surface area contributed by atoms with Crippen molar-refractivity contribution in [1.82, 2.24) is 0 Å². The molecule has 0 heterocycles. The summed E-state index contributed by atoms with van der Waals surface area (Å²) in [5.41, 5.74) is 9.05. The molecule has 1 aromatic carbocycles. The fourth-order valence-electron chi connectivity index (χ4n) is 1.29. The lowest BCUT2D eigenvalue weighted by Crippen LogP contribution is -1.96. The number of nitro benzene ring substituents is 1. The van der Waals surface area contributed by atoms with E-state index in [2.05, 4.69) is 27.2 Å². The molecule has 0 atom stereocenters. The Bertz CT molecular complexity index is 552. The molecule has 0 amide bonds. The van der Waals surface area contributed by atoms with Gasteiger partial charge in [-0.3, -0.25) is 10.1 Å². The molecule has 1 rings (SSSR count). The molecule has 0 spiro atoms. The topological polar surface area (TPSA) is 104 Å². The van der Waals surface area contributed by atoms with Crippen molar-refractivity contribution in [2.75, 3.05) is 18.9 Å². The minimum atomic E-state index is -0.461. The highest BCUT2D eigenvalue weighted by molar-refractivity contribution is 5.64. The number of hydrogen-bond acceptors (Lipinski definition) is 4. The maximum atomic E-state index is 10.8. The molecule has 1 aromatic rings. The van der Waals surface area contributed by atoms with Crippen molar-refractivity contribution in [3.05, 3.63) is 44.3 Å². The van der Waals surface area contributed by atoms with Crippen LogP contribution in [0.25, 0.3) is 10.4 Å². The third-order valence-electron chi connectivity index (χ3n) is 2.10. The Hall–Kier alpha value is -2.71. The fourth-order valence-corrected chi connectivity index (χ4v) is 1.29. The molecule has 0 saturated heterocycles. The van der Waals surface area contributed by atoms with Gasteiger partial charge in [0.05, 0.1) is 4.92 Å². The monoisotopic (exact) mass is 245 g/mol. The molecule has 7 nitrogen and oxygen atoms in total. The van der Waals surface area contributed by atoms with Crippen LogP contribution >= 0.6 is 0 Å². The number of anilines is 1. The van der Waals surface area contributed by atoms with Gasteiger partial charge in [-0.05, 0) is 17.7 Å². The van der Waals surface area contributed by atoms with Gasteiger partial charge in [0, 0.05) is 36.6 Å². The van der Waals surface area contributed by atoms with Crippen LogP contribution in [-0.4, -0.2) is 18.5 Å². The molecule has 1 N–H and O–H groups in total.